The summed E-state index contributed by atoms with van der Waals surface area (Å²) in [6.07, 6.45) is 3.78. The van der Waals surface area contributed by atoms with Gasteiger partial charge in [-0.15, -0.1) is 0 Å². The van der Waals surface area contributed by atoms with Gasteiger partial charge in [0, 0.05) is 20.0 Å². The van der Waals surface area contributed by atoms with E-state index in [1.54, 1.807) is 13.0 Å². The summed E-state index contributed by atoms with van der Waals surface area (Å²) in [6.45, 7) is 3.23. The summed E-state index contributed by atoms with van der Waals surface area (Å²) >= 11 is 0. The number of likely N-dealkylation sites (tertiary alicyclic amines) is 1. The predicted molar refractivity (Wildman–Crippen MR) is 69.7 cm³/mol. The van der Waals surface area contributed by atoms with Crippen LogP contribution in [-0.4, -0.2) is 23.9 Å². The van der Waals surface area contributed by atoms with Gasteiger partial charge in [-0.2, -0.15) is 0 Å². The first-order valence-electron chi connectivity index (χ1n) is 6.75. The number of hydrogen-bond acceptors (Lipinski definition) is 1. The Balaban J connectivity index is 1.87. The summed E-state index contributed by atoms with van der Waals surface area (Å²) in [6, 6.07) is 4.07. The number of nitrogens with zero attached hydrogens (tertiary/aromatic N) is 1. The topological polar surface area (TPSA) is 20.3 Å². The Morgan fingerprint density at radius 1 is 1.37 bits per heavy atom. The fraction of sp³-hybridized carbons (Fsp3) is 0.533. The summed E-state index contributed by atoms with van der Waals surface area (Å²) in [7, 11) is 0. The molecule has 1 saturated heterocycles. The number of piperidine rings is 1. The van der Waals surface area contributed by atoms with E-state index in [1.807, 2.05) is 4.90 Å². The molecule has 1 atom stereocenters. The van der Waals surface area contributed by atoms with E-state index in [0.29, 0.717) is 5.92 Å². The Kier molecular flexibility index (Phi) is 4.51. The first-order chi connectivity index (χ1) is 9.06. The highest BCUT2D eigenvalue weighted by molar-refractivity contribution is 5.73. The minimum atomic E-state index is -0.802. The highest BCUT2D eigenvalue weighted by Gasteiger charge is 2.21. The fourth-order valence-corrected chi connectivity index (χ4v) is 2.65. The molecule has 1 aromatic rings. The zero-order valence-corrected chi connectivity index (χ0v) is 11.2. The molecule has 0 bridgehead atoms. The number of hydrogen-bond donors (Lipinski definition) is 0. The number of benzene rings is 1. The van der Waals surface area contributed by atoms with Crippen LogP contribution < -0.4 is 0 Å². The average Bonchev–Trinajstić information content (AvgIpc) is 2.40. The van der Waals surface area contributed by atoms with E-state index >= 15 is 0 Å². The van der Waals surface area contributed by atoms with Crippen LogP contribution in [0.25, 0.3) is 0 Å². The van der Waals surface area contributed by atoms with E-state index in [4.69, 9.17) is 0 Å². The molecule has 4 heteroatoms. The average molecular weight is 267 g/mol. The SMILES string of the molecule is CC(=O)N1CCC[C@@H](CCc2ccc(F)c(F)c2)C1. The standard InChI is InChI=1S/C15H19F2NO/c1-11(19)18-8-2-3-13(10-18)5-4-12-6-7-14(16)15(17)9-12/h6-7,9,13H,2-5,8,10H2,1H3/t13-/m0/s1. The van der Waals surface area contributed by atoms with Crippen molar-refractivity contribution in [3.8, 4) is 0 Å². The number of amides is 1. The number of carbonyl (C=O) groups excluding carboxylic acids is 1. The van der Waals surface area contributed by atoms with Crippen molar-refractivity contribution < 1.29 is 13.6 Å². The lowest BCUT2D eigenvalue weighted by Crippen LogP contribution is -2.38. The van der Waals surface area contributed by atoms with Gasteiger partial charge >= 0.3 is 0 Å². The van der Waals surface area contributed by atoms with Crippen molar-refractivity contribution >= 4 is 5.91 Å². The second-order valence-corrected chi connectivity index (χ2v) is 5.26. The molecular weight excluding hydrogens is 248 g/mol. The molecule has 0 N–H and O–H groups in total. The van der Waals surface area contributed by atoms with Crippen LogP contribution in [0.2, 0.25) is 0 Å². The van der Waals surface area contributed by atoms with E-state index in [-0.39, 0.29) is 5.91 Å². The van der Waals surface area contributed by atoms with Crippen LogP contribution in [0.1, 0.15) is 31.7 Å². The molecule has 1 aromatic carbocycles. The Hall–Kier alpha value is -1.45. The van der Waals surface area contributed by atoms with Crippen molar-refractivity contribution in [2.75, 3.05) is 13.1 Å². The molecular formula is C15H19F2NO. The minimum absolute atomic E-state index is 0.123. The van der Waals surface area contributed by atoms with Crippen LogP contribution >= 0.6 is 0 Å². The largest absolute Gasteiger partial charge is 0.343 e. The fourth-order valence-electron chi connectivity index (χ4n) is 2.65. The van der Waals surface area contributed by atoms with Gasteiger partial charge in [0.1, 0.15) is 0 Å². The van der Waals surface area contributed by atoms with E-state index in [2.05, 4.69) is 0 Å². The van der Waals surface area contributed by atoms with Crippen LogP contribution in [0.4, 0.5) is 8.78 Å². The monoisotopic (exact) mass is 267 g/mol. The summed E-state index contributed by atoms with van der Waals surface area (Å²) < 4.78 is 25.9. The van der Waals surface area contributed by atoms with Crippen molar-refractivity contribution in [2.24, 2.45) is 5.92 Å². The maximum atomic E-state index is 13.1. The number of halogens is 2. The predicted octanol–water partition coefficient (Wildman–Crippen LogP) is 3.16. The maximum absolute atomic E-state index is 13.1. The van der Waals surface area contributed by atoms with Crippen molar-refractivity contribution in [1.82, 2.24) is 4.90 Å². The lowest BCUT2D eigenvalue weighted by atomic mass is 9.91. The van der Waals surface area contributed by atoms with Gasteiger partial charge in [0.2, 0.25) is 5.91 Å². The maximum Gasteiger partial charge on any atom is 0.219 e. The van der Waals surface area contributed by atoms with Crippen LogP contribution in [-0.2, 0) is 11.2 Å². The molecule has 0 spiro atoms. The van der Waals surface area contributed by atoms with Crippen LogP contribution in [0.3, 0.4) is 0 Å². The molecule has 104 valence electrons. The molecule has 19 heavy (non-hydrogen) atoms. The van der Waals surface area contributed by atoms with Gasteiger partial charge in [-0.1, -0.05) is 6.07 Å². The first kappa shape index (κ1) is 14.0. The third-order valence-electron chi connectivity index (χ3n) is 3.79. The van der Waals surface area contributed by atoms with Gasteiger partial charge < -0.3 is 4.90 Å². The molecule has 1 aliphatic heterocycles. The summed E-state index contributed by atoms with van der Waals surface area (Å²) in [5.41, 5.74) is 0.818. The zero-order chi connectivity index (χ0) is 13.8. The molecule has 0 unspecified atom stereocenters. The summed E-state index contributed by atoms with van der Waals surface area (Å²) in [5.74, 6) is -1.00. The first-order valence-corrected chi connectivity index (χ1v) is 6.75. The molecule has 0 radical (unpaired) electrons. The number of carbonyl (C=O) groups is 1. The van der Waals surface area contributed by atoms with E-state index in [1.165, 1.54) is 12.1 Å². The van der Waals surface area contributed by atoms with E-state index in [0.717, 1.165) is 44.3 Å². The summed E-state index contributed by atoms with van der Waals surface area (Å²) in [5, 5.41) is 0. The molecule has 0 saturated carbocycles. The molecule has 2 nitrogen and oxygen atoms in total. The molecule has 1 amide bonds. The van der Waals surface area contributed by atoms with Gasteiger partial charge in [-0.05, 0) is 49.3 Å². The van der Waals surface area contributed by atoms with Crippen LogP contribution in [0.5, 0.6) is 0 Å². The molecule has 1 aliphatic rings. The van der Waals surface area contributed by atoms with Gasteiger partial charge in [-0.25, -0.2) is 8.78 Å². The summed E-state index contributed by atoms with van der Waals surface area (Å²) in [4.78, 5) is 13.2. The Bertz CT molecular complexity index is 461. The Morgan fingerprint density at radius 3 is 2.84 bits per heavy atom. The van der Waals surface area contributed by atoms with Crippen molar-refractivity contribution in [1.29, 1.82) is 0 Å². The second-order valence-electron chi connectivity index (χ2n) is 5.26. The molecule has 1 fully saturated rings. The minimum Gasteiger partial charge on any atom is -0.343 e. The normalized spacial score (nSPS) is 19.5. The van der Waals surface area contributed by atoms with E-state index < -0.39 is 11.6 Å². The third kappa shape index (κ3) is 3.75. The zero-order valence-electron chi connectivity index (χ0n) is 11.2. The molecule has 1 heterocycles. The quantitative estimate of drug-likeness (QED) is 0.823. The molecule has 0 aromatic heterocycles. The van der Waals surface area contributed by atoms with Gasteiger partial charge in [0.25, 0.3) is 0 Å². The molecule has 2 rings (SSSR count). The lowest BCUT2D eigenvalue weighted by molar-refractivity contribution is -0.130. The lowest BCUT2D eigenvalue weighted by Gasteiger charge is -2.32. The van der Waals surface area contributed by atoms with Crippen molar-refractivity contribution in [2.45, 2.75) is 32.6 Å². The van der Waals surface area contributed by atoms with Gasteiger partial charge in [0.05, 0.1) is 0 Å². The van der Waals surface area contributed by atoms with Crippen LogP contribution in [0, 0.1) is 17.6 Å². The molecule has 0 aliphatic carbocycles. The second kappa shape index (κ2) is 6.13. The Labute approximate surface area is 112 Å². The van der Waals surface area contributed by atoms with Gasteiger partial charge in [0.15, 0.2) is 11.6 Å². The number of rotatable bonds is 3. The smallest absolute Gasteiger partial charge is 0.219 e. The number of aryl methyl sites for hydroxylation is 1. The van der Waals surface area contributed by atoms with Gasteiger partial charge in [-0.3, -0.25) is 4.79 Å². The van der Waals surface area contributed by atoms with Crippen molar-refractivity contribution in [3.63, 3.8) is 0 Å². The van der Waals surface area contributed by atoms with Crippen molar-refractivity contribution in [3.05, 3.63) is 35.4 Å². The highest BCUT2D eigenvalue weighted by Crippen LogP contribution is 2.22. The Morgan fingerprint density at radius 2 is 2.16 bits per heavy atom. The van der Waals surface area contributed by atoms with E-state index in [9.17, 15) is 13.6 Å². The van der Waals surface area contributed by atoms with Crippen LogP contribution in [0.15, 0.2) is 18.2 Å². The highest BCUT2D eigenvalue weighted by atomic mass is 19.2. The third-order valence-corrected chi connectivity index (χ3v) is 3.79.